The molecule has 1 aliphatic heterocycles. The van der Waals surface area contributed by atoms with Crippen molar-refractivity contribution in [3.63, 3.8) is 0 Å². The van der Waals surface area contributed by atoms with Crippen LogP contribution in [0.4, 0.5) is 4.39 Å². The Morgan fingerprint density at radius 3 is 2.52 bits per heavy atom. The summed E-state index contributed by atoms with van der Waals surface area (Å²) in [4.78, 5) is 27.5. The maximum atomic E-state index is 12.8. The molecular formula is C16H21FN2O4. The second-order valence-corrected chi connectivity index (χ2v) is 5.32. The van der Waals surface area contributed by atoms with Gasteiger partial charge in [-0.25, -0.2) is 4.39 Å². The Bertz CT molecular complexity index is 550. The molecule has 1 aromatic carbocycles. The third kappa shape index (κ3) is 4.41. The molecule has 0 aromatic heterocycles. The van der Waals surface area contributed by atoms with Crippen LogP contribution in [0.3, 0.4) is 0 Å². The number of carbonyl (C=O) groups is 2. The minimum atomic E-state index is -0.523. The first kappa shape index (κ1) is 17.2. The van der Waals surface area contributed by atoms with E-state index in [1.807, 2.05) is 0 Å². The fourth-order valence-electron chi connectivity index (χ4n) is 2.45. The van der Waals surface area contributed by atoms with Crippen molar-refractivity contribution in [2.75, 3.05) is 40.0 Å². The summed E-state index contributed by atoms with van der Waals surface area (Å²) in [5.74, 6) is -0.0187. The summed E-state index contributed by atoms with van der Waals surface area (Å²) in [5, 5.41) is 0. The Morgan fingerprint density at radius 1 is 1.17 bits per heavy atom. The molecule has 7 heteroatoms. The molecule has 1 aromatic rings. The van der Waals surface area contributed by atoms with Gasteiger partial charge in [-0.1, -0.05) is 0 Å². The first-order valence-electron chi connectivity index (χ1n) is 7.48. The van der Waals surface area contributed by atoms with Crippen molar-refractivity contribution in [1.29, 1.82) is 0 Å². The highest BCUT2D eigenvalue weighted by Crippen LogP contribution is 2.14. The normalized spacial score (nSPS) is 18.5. The molecule has 23 heavy (non-hydrogen) atoms. The van der Waals surface area contributed by atoms with Gasteiger partial charge in [-0.3, -0.25) is 9.59 Å². The van der Waals surface area contributed by atoms with E-state index in [9.17, 15) is 14.0 Å². The second-order valence-electron chi connectivity index (χ2n) is 5.32. The largest absolute Gasteiger partial charge is 0.492 e. The lowest BCUT2D eigenvalue weighted by molar-refractivity contribution is -0.155. The first-order chi connectivity index (χ1) is 11.0. The van der Waals surface area contributed by atoms with Crippen LogP contribution in [0.15, 0.2) is 24.3 Å². The van der Waals surface area contributed by atoms with Crippen molar-refractivity contribution in [2.24, 2.45) is 0 Å². The lowest BCUT2D eigenvalue weighted by atomic mass is 10.1. The van der Waals surface area contributed by atoms with E-state index >= 15 is 0 Å². The highest BCUT2D eigenvalue weighted by molar-refractivity contribution is 5.94. The van der Waals surface area contributed by atoms with Gasteiger partial charge >= 0.3 is 0 Å². The standard InChI is InChI=1S/C16H21FN2O4/c1-12-16(21)18(7-9-22-2)11-15(20)19(12)8-10-23-14-5-3-13(17)4-6-14/h3-6,12H,7-11H2,1-2H3/t12-/m0/s1. The Kier molecular flexibility index (Phi) is 5.92. The fourth-order valence-corrected chi connectivity index (χ4v) is 2.45. The van der Waals surface area contributed by atoms with Gasteiger partial charge in [-0.15, -0.1) is 0 Å². The molecule has 1 atom stereocenters. The van der Waals surface area contributed by atoms with Gasteiger partial charge in [0.15, 0.2) is 0 Å². The van der Waals surface area contributed by atoms with Gasteiger partial charge < -0.3 is 19.3 Å². The van der Waals surface area contributed by atoms with Crippen molar-refractivity contribution in [1.82, 2.24) is 9.80 Å². The number of hydrogen-bond donors (Lipinski definition) is 0. The van der Waals surface area contributed by atoms with Gasteiger partial charge in [-0.05, 0) is 31.2 Å². The summed E-state index contributed by atoms with van der Waals surface area (Å²) in [6.07, 6.45) is 0. The lowest BCUT2D eigenvalue weighted by Crippen LogP contribution is -2.59. The molecule has 0 spiro atoms. The third-order valence-electron chi connectivity index (χ3n) is 3.76. The number of piperazine rings is 1. The minimum Gasteiger partial charge on any atom is -0.492 e. The molecule has 0 radical (unpaired) electrons. The first-order valence-corrected chi connectivity index (χ1v) is 7.48. The minimum absolute atomic E-state index is 0.0586. The zero-order chi connectivity index (χ0) is 16.8. The smallest absolute Gasteiger partial charge is 0.245 e. The van der Waals surface area contributed by atoms with Crippen molar-refractivity contribution in [3.05, 3.63) is 30.1 Å². The summed E-state index contributed by atoms with van der Waals surface area (Å²) < 4.78 is 23.2. The molecule has 0 bridgehead atoms. The molecule has 1 fully saturated rings. The van der Waals surface area contributed by atoms with E-state index in [4.69, 9.17) is 9.47 Å². The van der Waals surface area contributed by atoms with Crippen LogP contribution < -0.4 is 4.74 Å². The maximum absolute atomic E-state index is 12.8. The Hall–Kier alpha value is -2.15. The van der Waals surface area contributed by atoms with E-state index < -0.39 is 6.04 Å². The number of rotatable bonds is 7. The summed E-state index contributed by atoms with van der Waals surface area (Å²) in [7, 11) is 1.55. The second kappa shape index (κ2) is 7.92. The highest BCUT2D eigenvalue weighted by atomic mass is 19.1. The molecule has 1 saturated heterocycles. The van der Waals surface area contributed by atoms with Crippen LogP contribution in [0.2, 0.25) is 0 Å². The summed E-state index contributed by atoms with van der Waals surface area (Å²) >= 11 is 0. The van der Waals surface area contributed by atoms with Crippen LogP contribution in [0.1, 0.15) is 6.92 Å². The molecule has 0 unspecified atom stereocenters. The molecule has 0 N–H and O–H groups in total. The Balaban J connectivity index is 1.86. The fraction of sp³-hybridized carbons (Fsp3) is 0.500. The molecule has 2 amide bonds. The quantitative estimate of drug-likeness (QED) is 0.748. The van der Waals surface area contributed by atoms with Crippen LogP contribution in [0.25, 0.3) is 0 Å². The van der Waals surface area contributed by atoms with Crippen molar-refractivity contribution in [3.8, 4) is 5.75 Å². The predicted octanol–water partition coefficient (Wildman–Crippen LogP) is 0.910. The highest BCUT2D eigenvalue weighted by Gasteiger charge is 2.35. The number of ether oxygens (including phenoxy) is 2. The number of hydrogen-bond acceptors (Lipinski definition) is 4. The topological polar surface area (TPSA) is 59.1 Å². The molecule has 126 valence electrons. The van der Waals surface area contributed by atoms with E-state index in [-0.39, 0.29) is 30.8 Å². The Labute approximate surface area is 134 Å². The SMILES string of the molecule is COCCN1CC(=O)N(CCOc2ccc(F)cc2)[C@@H](C)C1=O. The van der Waals surface area contributed by atoms with E-state index in [2.05, 4.69) is 0 Å². The zero-order valence-corrected chi connectivity index (χ0v) is 13.3. The molecule has 0 aliphatic carbocycles. The summed E-state index contributed by atoms with van der Waals surface area (Å²) in [6.45, 7) is 3.12. The average Bonchev–Trinajstić information content (AvgIpc) is 2.54. The van der Waals surface area contributed by atoms with Crippen molar-refractivity contribution < 1.29 is 23.5 Å². The van der Waals surface area contributed by atoms with E-state index in [1.54, 1.807) is 14.0 Å². The number of benzene rings is 1. The number of amides is 2. The predicted molar refractivity (Wildman–Crippen MR) is 81.5 cm³/mol. The van der Waals surface area contributed by atoms with Gasteiger partial charge in [0.25, 0.3) is 0 Å². The number of methoxy groups -OCH3 is 1. The van der Waals surface area contributed by atoms with Crippen LogP contribution in [-0.4, -0.2) is 67.6 Å². The number of halogens is 1. The molecule has 0 saturated carbocycles. The van der Waals surface area contributed by atoms with Crippen LogP contribution in [-0.2, 0) is 14.3 Å². The lowest BCUT2D eigenvalue weighted by Gasteiger charge is -2.38. The number of nitrogens with zero attached hydrogens (tertiary/aromatic N) is 2. The molecule has 1 aliphatic rings. The summed E-state index contributed by atoms with van der Waals surface area (Å²) in [5.41, 5.74) is 0. The van der Waals surface area contributed by atoms with Gasteiger partial charge in [0.1, 0.15) is 24.2 Å². The van der Waals surface area contributed by atoms with Crippen molar-refractivity contribution in [2.45, 2.75) is 13.0 Å². The zero-order valence-electron chi connectivity index (χ0n) is 13.3. The van der Waals surface area contributed by atoms with Crippen LogP contribution in [0, 0.1) is 5.82 Å². The summed E-state index contributed by atoms with van der Waals surface area (Å²) in [6, 6.07) is 5.13. The monoisotopic (exact) mass is 324 g/mol. The van der Waals surface area contributed by atoms with Gasteiger partial charge in [0, 0.05) is 13.7 Å². The Morgan fingerprint density at radius 2 is 1.87 bits per heavy atom. The molecule has 6 nitrogen and oxygen atoms in total. The number of carbonyl (C=O) groups excluding carboxylic acids is 2. The van der Waals surface area contributed by atoms with Crippen molar-refractivity contribution >= 4 is 11.8 Å². The molecule has 1 heterocycles. The van der Waals surface area contributed by atoms with Gasteiger partial charge in [-0.2, -0.15) is 0 Å². The van der Waals surface area contributed by atoms with E-state index in [1.165, 1.54) is 34.1 Å². The maximum Gasteiger partial charge on any atom is 0.245 e. The molecule has 2 rings (SSSR count). The third-order valence-corrected chi connectivity index (χ3v) is 3.76. The average molecular weight is 324 g/mol. The molecular weight excluding hydrogens is 303 g/mol. The van der Waals surface area contributed by atoms with Crippen LogP contribution >= 0.6 is 0 Å². The van der Waals surface area contributed by atoms with Gasteiger partial charge in [0.05, 0.1) is 19.7 Å². The van der Waals surface area contributed by atoms with Crippen LogP contribution in [0.5, 0.6) is 5.75 Å². The van der Waals surface area contributed by atoms with E-state index in [0.29, 0.717) is 25.4 Å². The van der Waals surface area contributed by atoms with Gasteiger partial charge in [0.2, 0.25) is 11.8 Å². The van der Waals surface area contributed by atoms with E-state index in [0.717, 1.165) is 0 Å².